The van der Waals surface area contributed by atoms with Crippen LogP contribution in [0, 0.1) is 16.0 Å². The van der Waals surface area contributed by atoms with Gasteiger partial charge < -0.3 is 14.8 Å². The Kier molecular flexibility index (Phi) is 8.14. The number of ketones is 1. The summed E-state index contributed by atoms with van der Waals surface area (Å²) < 4.78 is 10.6. The van der Waals surface area contributed by atoms with Crippen molar-refractivity contribution in [2.75, 3.05) is 13.2 Å². The number of nitrogens with zero attached hydrogens (tertiary/aromatic N) is 1. The van der Waals surface area contributed by atoms with Crippen LogP contribution in [0.4, 0.5) is 5.69 Å². The molecule has 35 heavy (non-hydrogen) atoms. The molecule has 0 radical (unpaired) electrons. The fourth-order valence-electron chi connectivity index (χ4n) is 4.07. The number of carbonyl (C=O) groups is 3. The van der Waals surface area contributed by atoms with Crippen molar-refractivity contribution >= 4 is 23.4 Å². The summed E-state index contributed by atoms with van der Waals surface area (Å²) in [6.07, 6.45) is 1.30. The molecule has 9 heteroatoms. The molecule has 2 aromatic rings. The van der Waals surface area contributed by atoms with Gasteiger partial charge in [-0.15, -0.1) is 0 Å². The molecule has 0 fully saturated rings. The smallest absolute Gasteiger partial charge is 0.336 e. The van der Waals surface area contributed by atoms with Gasteiger partial charge in [-0.2, -0.15) is 0 Å². The van der Waals surface area contributed by atoms with Gasteiger partial charge in [0.2, 0.25) is 0 Å². The van der Waals surface area contributed by atoms with Gasteiger partial charge in [0.05, 0.1) is 23.7 Å². The minimum absolute atomic E-state index is 0.0638. The highest BCUT2D eigenvalue weighted by atomic mass is 16.6. The molecule has 1 aliphatic rings. The van der Waals surface area contributed by atoms with Crippen molar-refractivity contribution in [2.45, 2.75) is 26.7 Å². The minimum Gasteiger partial charge on any atom is -0.465 e. The molecule has 2 atom stereocenters. The van der Waals surface area contributed by atoms with Crippen LogP contribution in [-0.2, 0) is 19.1 Å². The first-order valence-electron chi connectivity index (χ1n) is 11.1. The van der Waals surface area contributed by atoms with E-state index in [4.69, 9.17) is 9.47 Å². The number of nitrogens with one attached hydrogen (secondary N) is 1. The molecule has 0 unspecified atom stereocenters. The Labute approximate surface area is 202 Å². The summed E-state index contributed by atoms with van der Waals surface area (Å²) in [5.74, 6) is -3.83. The summed E-state index contributed by atoms with van der Waals surface area (Å²) in [7, 11) is 0. The average molecular weight is 479 g/mol. The number of ether oxygens (including phenoxy) is 2. The molecule has 3 rings (SSSR count). The van der Waals surface area contributed by atoms with Gasteiger partial charge in [-0.05, 0) is 26.3 Å². The second-order valence-electron chi connectivity index (χ2n) is 7.77. The van der Waals surface area contributed by atoms with Crippen LogP contribution in [0.3, 0.4) is 0 Å². The van der Waals surface area contributed by atoms with Gasteiger partial charge in [0, 0.05) is 41.1 Å². The number of hydrogen-bond acceptors (Lipinski definition) is 8. The Balaban J connectivity index is 2.24. The van der Waals surface area contributed by atoms with E-state index >= 15 is 0 Å². The van der Waals surface area contributed by atoms with E-state index in [1.54, 1.807) is 57.2 Å². The fraction of sp³-hybridized carbons (Fsp3) is 0.269. The topological polar surface area (TPSA) is 125 Å². The van der Waals surface area contributed by atoms with Gasteiger partial charge in [0.1, 0.15) is 5.92 Å². The zero-order chi connectivity index (χ0) is 25.5. The Bertz CT molecular complexity index is 1200. The van der Waals surface area contributed by atoms with Crippen molar-refractivity contribution in [3.05, 3.63) is 98.9 Å². The highest BCUT2D eigenvalue weighted by molar-refractivity contribution is 6.05. The molecule has 2 aromatic carbocycles. The Morgan fingerprint density at radius 3 is 2.34 bits per heavy atom. The largest absolute Gasteiger partial charge is 0.465 e. The van der Waals surface area contributed by atoms with E-state index in [1.165, 1.54) is 24.3 Å². The Hall–Kier alpha value is -4.27. The van der Waals surface area contributed by atoms with E-state index in [0.717, 1.165) is 0 Å². The average Bonchev–Trinajstić information content (AvgIpc) is 2.84. The number of rotatable bonds is 8. The fourth-order valence-corrected chi connectivity index (χ4v) is 4.07. The highest BCUT2D eigenvalue weighted by Gasteiger charge is 2.44. The molecule has 182 valence electrons. The first kappa shape index (κ1) is 25.4. The van der Waals surface area contributed by atoms with Crippen LogP contribution >= 0.6 is 0 Å². The molecule has 9 nitrogen and oxygen atoms in total. The van der Waals surface area contributed by atoms with Crippen molar-refractivity contribution in [3.8, 4) is 0 Å². The van der Waals surface area contributed by atoms with Crippen molar-refractivity contribution in [3.63, 3.8) is 0 Å². The Morgan fingerprint density at radius 2 is 1.71 bits per heavy atom. The maximum Gasteiger partial charge on any atom is 0.336 e. The molecule has 0 spiro atoms. The number of nitro benzene ring substituents is 1. The molecule has 0 saturated carbocycles. The maximum absolute atomic E-state index is 13.2. The normalized spacial score (nSPS) is 18.5. The molecule has 1 aliphatic heterocycles. The predicted octanol–water partition coefficient (Wildman–Crippen LogP) is 4.06. The predicted molar refractivity (Wildman–Crippen MR) is 127 cm³/mol. The number of esters is 2. The van der Waals surface area contributed by atoms with Gasteiger partial charge >= 0.3 is 11.9 Å². The molecular formula is C26H26N2O7. The van der Waals surface area contributed by atoms with E-state index in [9.17, 15) is 24.5 Å². The summed E-state index contributed by atoms with van der Waals surface area (Å²) in [4.78, 5) is 50.1. The summed E-state index contributed by atoms with van der Waals surface area (Å²) in [5.41, 5.74) is 1.28. The van der Waals surface area contributed by atoms with Crippen molar-refractivity contribution < 1.29 is 28.8 Å². The molecular weight excluding hydrogens is 452 g/mol. The quantitative estimate of drug-likeness (QED) is 0.198. The van der Waals surface area contributed by atoms with Gasteiger partial charge in [-0.1, -0.05) is 42.5 Å². The third kappa shape index (κ3) is 5.63. The first-order valence-corrected chi connectivity index (χ1v) is 11.1. The van der Waals surface area contributed by atoms with Crippen LogP contribution in [-0.4, -0.2) is 35.9 Å². The number of nitro groups is 1. The summed E-state index contributed by atoms with van der Waals surface area (Å²) in [6.45, 7) is 5.07. The van der Waals surface area contributed by atoms with Crippen LogP contribution in [0.5, 0.6) is 0 Å². The van der Waals surface area contributed by atoms with Crippen LogP contribution in [0.2, 0.25) is 0 Å². The minimum atomic E-state index is -1.15. The zero-order valence-corrected chi connectivity index (χ0v) is 19.6. The third-order valence-electron chi connectivity index (χ3n) is 5.54. The second-order valence-corrected chi connectivity index (χ2v) is 7.77. The number of hydrogen-bond donors (Lipinski definition) is 1. The van der Waals surface area contributed by atoms with Gasteiger partial charge in [0.25, 0.3) is 5.69 Å². The molecule has 0 saturated heterocycles. The van der Waals surface area contributed by atoms with Gasteiger partial charge in [-0.3, -0.25) is 19.7 Å². The van der Waals surface area contributed by atoms with Crippen LogP contribution < -0.4 is 5.32 Å². The summed E-state index contributed by atoms with van der Waals surface area (Å²) >= 11 is 0. The lowest BCUT2D eigenvalue weighted by atomic mass is 9.75. The van der Waals surface area contributed by atoms with Crippen molar-refractivity contribution in [1.29, 1.82) is 0 Å². The molecule has 1 N–H and O–H groups in total. The first-order chi connectivity index (χ1) is 16.8. The van der Waals surface area contributed by atoms with E-state index in [0.29, 0.717) is 16.8 Å². The number of non-ortho nitro benzene ring substituents is 1. The summed E-state index contributed by atoms with van der Waals surface area (Å²) in [6, 6.07) is 14.2. The van der Waals surface area contributed by atoms with Gasteiger partial charge in [-0.25, -0.2) is 4.79 Å². The van der Waals surface area contributed by atoms with Crippen molar-refractivity contribution in [2.24, 2.45) is 5.92 Å². The lowest BCUT2D eigenvalue weighted by Gasteiger charge is -2.35. The van der Waals surface area contributed by atoms with Gasteiger partial charge in [0.15, 0.2) is 5.78 Å². The van der Waals surface area contributed by atoms with E-state index in [1.807, 2.05) is 0 Å². The Morgan fingerprint density at radius 1 is 1.03 bits per heavy atom. The van der Waals surface area contributed by atoms with Crippen LogP contribution in [0.25, 0.3) is 0 Å². The molecule has 0 bridgehead atoms. The maximum atomic E-state index is 13.2. The van der Waals surface area contributed by atoms with Crippen LogP contribution in [0.1, 0.15) is 42.6 Å². The van der Waals surface area contributed by atoms with Crippen molar-refractivity contribution in [1.82, 2.24) is 5.32 Å². The molecule has 1 heterocycles. The second kappa shape index (κ2) is 11.2. The van der Waals surface area contributed by atoms with E-state index in [-0.39, 0.29) is 36.0 Å². The lowest BCUT2D eigenvalue weighted by molar-refractivity contribution is -0.384. The lowest BCUT2D eigenvalue weighted by Crippen LogP contribution is -2.40. The zero-order valence-electron chi connectivity index (χ0n) is 19.6. The monoisotopic (exact) mass is 478 g/mol. The number of carbonyl (C=O) groups excluding carboxylic acids is 3. The molecule has 0 aromatic heterocycles. The van der Waals surface area contributed by atoms with Crippen LogP contribution in [0.15, 0.2) is 77.6 Å². The third-order valence-corrected chi connectivity index (χ3v) is 5.54. The van der Waals surface area contributed by atoms with E-state index < -0.39 is 28.7 Å². The standard InChI is InChI=1S/C26H26N2O7/c1-4-34-25(30)22-16(3)27-20(15-21(29)17-10-7-6-8-11-17)24(26(31)35-5-2)23(22)18-12-9-13-19(14-18)28(32)33/h6-15,23-24,27H,4-5H2,1-3H3/b20-15-/t23-,24-/m0/s1. The SMILES string of the molecule is CCOC(=O)C1=C(C)N/C(=C\C(=O)c2ccccc2)[C@H](C(=O)OCC)[C@H]1c1cccc([N+](=O)[O-])c1. The number of allylic oxidation sites excluding steroid dienone is 2. The highest BCUT2D eigenvalue weighted by Crippen LogP contribution is 2.42. The number of benzene rings is 2. The molecule has 0 amide bonds. The molecule has 0 aliphatic carbocycles. The van der Waals surface area contributed by atoms with E-state index in [2.05, 4.69) is 5.32 Å². The summed E-state index contributed by atoms with van der Waals surface area (Å²) in [5, 5.41) is 14.5.